The lowest BCUT2D eigenvalue weighted by atomic mass is 10.2. The molecule has 0 bridgehead atoms. The fourth-order valence-electron chi connectivity index (χ4n) is 3.06. The number of amides is 1. The third-order valence-corrected chi connectivity index (χ3v) is 7.12. The van der Waals surface area contributed by atoms with E-state index >= 15 is 0 Å². The first-order valence-corrected chi connectivity index (χ1v) is 11.6. The van der Waals surface area contributed by atoms with Crippen molar-refractivity contribution in [3.63, 3.8) is 0 Å². The number of carbonyl (C=O) groups is 1. The van der Waals surface area contributed by atoms with E-state index in [0.717, 1.165) is 10.6 Å². The largest absolute Gasteiger partial charge is 0.276 e. The Kier molecular flexibility index (Phi) is 5.55. The topological polar surface area (TPSA) is 89.0 Å². The van der Waals surface area contributed by atoms with Crippen LogP contribution in [0.4, 0.5) is 0 Å². The average Bonchev–Trinajstić information content (AvgIpc) is 3.08. The maximum Gasteiger partial charge on any atom is 0.276 e. The normalized spacial score (nSPS) is 11.5. The maximum atomic E-state index is 12.9. The second kappa shape index (κ2) is 8.14. The highest BCUT2D eigenvalue weighted by molar-refractivity contribution is 7.90. The van der Waals surface area contributed by atoms with Crippen molar-refractivity contribution in [3.05, 3.63) is 87.0 Å². The van der Waals surface area contributed by atoms with Crippen molar-refractivity contribution >= 4 is 49.8 Å². The zero-order valence-corrected chi connectivity index (χ0v) is 18.2. The third-order valence-electron chi connectivity index (χ3n) is 4.40. The van der Waals surface area contributed by atoms with Crippen molar-refractivity contribution in [1.82, 2.24) is 14.7 Å². The van der Waals surface area contributed by atoms with Crippen LogP contribution in [-0.4, -0.2) is 24.3 Å². The molecular formula is C21H16ClN3O3S2. The van der Waals surface area contributed by atoms with Gasteiger partial charge >= 0.3 is 0 Å². The number of pyridine rings is 1. The molecule has 0 aliphatic rings. The highest BCUT2D eigenvalue weighted by Gasteiger charge is 2.25. The van der Waals surface area contributed by atoms with E-state index in [1.807, 2.05) is 30.3 Å². The van der Waals surface area contributed by atoms with Crippen molar-refractivity contribution in [2.45, 2.75) is 18.2 Å². The van der Waals surface area contributed by atoms with E-state index in [2.05, 4.69) is 14.7 Å². The summed E-state index contributed by atoms with van der Waals surface area (Å²) in [5.41, 5.74) is 1.78. The van der Waals surface area contributed by atoms with Gasteiger partial charge in [-0.25, -0.2) is 18.1 Å². The third kappa shape index (κ3) is 4.21. The van der Waals surface area contributed by atoms with Crippen molar-refractivity contribution in [2.24, 2.45) is 0 Å². The Morgan fingerprint density at radius 1 is 1.13 bits per heavy atom. The van der Waals surface area contributed by atoms with Gasteiger partial charge in [0.25, 0.3) is 15.9 Å². The molecule has 0 atom stereocenters. The fraction of sp³-hybridized carbons (Fsp3) is 0.0952. The lowest BCUT2D eigenvalue weighted by molar-refractivity contribution is 0.0984. The number of hydrogen-bond donors (Lipinski definition) is 1. The molecule has 4 aromatic rings. The van der Waals surface area contributed by atoms with E-state index in [4.69, 9.17) is 11.6 Å². The van der Waals surface area contributed by atoms with Gasteiger partial charge in [-0.1, -0.05) is 48.0 Å². The molecule has 30 heavy (non-hydrogen) atoms. The van der Waals surface area contributed by atoms with Crippen LogP contribution in [0.3, 0.4) is 0 Å². The number of aryl methyl sites for hydroxylation is 1. The molecule has 2 aromatic heterocycles. The number of sulfonamides is 1. The molecule has 0 saturated carbocycles. The summed E-state index contributed by atoms with van der Waals surface area (Å²) in [5.74, 6) is -0.728. The number of rotatable bonds is 5. The minimum absolute atomic E-state index is 0.148. The molecular weight excluding hydrogens is 442 g/mol. The molecule has 2 heterocycles. The number of hydrogen-bond acceptors (Lipinski definition) is 6. The predicted molar refractivity (Wildman–Crippen MR) is 118 cm³/mol. The van der Waals surface area contributed by atoms with Gasteiger partial charge in [-0.3, -0.25) is 9.78 Å². The van der Waals surface area contributed by atoms with E-state index in [1.54, 1.807) is 25.1 Å². The predicted octanol–water partition coefficient (Wildman–Crippen LogP) is 4.36. The summed E-state index contributed by atoms with van der Waals surface area (Å²) in [5, 5.41) is 1.54. The van der Waals surface area contributed by atoms with Gasteiger partial charge in [-0.05, 0) is 30.7 Å². The Balaban J connectivity index is 1.63. The quantitative estimate of drug-likeness (QED) is 0.481. The van der Waals surface area contributed by atoms with Crippen molar-refractivity contribution in [1.29, 1.82) is 0 Å². The molecule has 0 fully saturated rings. The minimum Gasteiger partial charge on any atom is -0.267 e. The second-order valence-corrected chi connectivity index (χ2v) is 9.77. The summed E-state index contributed by atoms with van der Waals surface area (Å²) in [7, 11) is -4.19. The SMILES string of the molecule is Cc1nc(Cc2ccccc2)sc1C(=O)NS(=O)(=O)c1cc(Cl)cc2cccnc12. The number of fused-ring (bicyclic) bond motifs is 1. The van der Waals surface area contributed by atoms with Gasteiger partial charge in [-0.2, -0.15) is 0 Å². The van der Waals surface area contributed by atoms with Gasteiger partial charge in [-0.15, -0.1) is 11.3 Å². The lowest BCUT2D eigenvalue weighted by Crippen LogP contribution is -2.30. The maximum absolute atomic E-state index is 12.9. The zero-order valence-electron chi connectivity index (χ0n) is 15.8. The average molecular weight is 458 g/mol. The van der Waals surface area contributed by atoms with Gasteiger partial charge < -0.3 is 0 Å². The molecule has 6 nitrogen and oxygen atoms in total. The Labute approximate surface area is 182 Å². The highest BCUT2D eigenvalue weighted by atomic mass is 35.5. The summed E-state index contributed by atoms with van der Waals surface area (Å²) in [4.78, 5) is 21.4. The first kappa shape index (κ1) is 20.5. The van der Waals surface area contributed by atoms with Gasteiger partial charge in [0.15, 0.2) is 0 Å². The van der Waals surface area contributed by atoms with Crippen LogP contribution < -0.4 is 4.72 Å². The molecule has 2 aromatic carbocycles. The van der Waals surface area contributed by atoms with E-state index in [9.17, 15) is 13.2 Å². The van der Waals surface area contributed by atoms with Gasteiger partial charge in [0.1, 0.15) is 9.77 Å². The molecule has 0 aliphatic carbocycles. The summed E-state index contributed by atoms with van der Waals surface area (Å²) < 4.78 is 28.0. The van der Waals surface area contributed by atoms with Crippen LogP contribution in [0.1, 0.15) is 25.9 Å². The van der Waals surface area contributed by atoms with Crippen LogP contribution in [0.15, 0.2) is 65.7 Å². The summed E-state index contributed by atoms with van der Waals surface area (Å²) in [6.45, 7) is 1.68. The molecule has 0 spiro atoms. The number of nitrogens with zero attached hydrogens (tertiary/aromatic N) is 2. The number of nitrogens with one attached hydrogen (secondary N) is 1. The molecule has 0 saturated heterocycles. The Morgan fingerprint density at radius 2 is 1.90 bits per heavy atom. The van der Waals surface area contributed by atoms with Crippen LogP contribution in [0.2, 0.25) is 5.02 Å². The minimum atomic E-state index is -4.19. The summed E-state index contributed by atoms with van der Waals surface area (Å²) in [6, 6.07) is 16.0. The van der Waals surface area contributed by atoms with Crippen LogP contribution >= 0.6 is 22.9 Å². The first-order chi connectivity index (χ1) is 14.3. The number of benzene rings is 2. The van der Waals surface area contributed by atoms with Crippen molar-refractivity contribution in [2.75, 3.05) is 0 Å². The smallest absolute Gasteiger partial charge is 0.267 e. The molecule has 152 valence electrons. The van der Waals surface area contributed by atoms with Gasteiger partial charge in [0, 0.05) is 23.0 Å². The first-order valence-electron chi connectivity index (χ1n) is 8.95. The molecule has 4 rings (SSSR count). The van der Waals surface area contributed by atoms with Crippen LogP contribution in [0.5, 0.6) is 0 Å². The molecule has 1 N–H and O–H groups in total. The van der Waals surface area contributed by atoms with Crippen LogP contribution in [0.25, 0.3) is 10.9 Å². The molecule has 9 heteroatoms. The number of carbonyl (C=O) groups excluding carboxylic acids is 1. The van der Waals surface area contributed by atoms with Crippen molar-refractivity contribution in [3.8, 4) is 0 Å². The van der Waals surface area contributed by atoms with Crippen LogP contribution in [0, 0.1) is 6.92 Å². The summed E-state index contributed by atoms with van der Waals surface area (Å²) in [6.07, 6.45) is 2.05. The fourth-order valence-corrected chi connectivity index (χ4v) is 5.57. The van der Waals surface area contributed by atoms with Crippen molar-refractivity contribution < 1.29 is 13.2 Å². The summed E-state index contributed by atoms with van der Waals surface area (Å²) >= 11 is 7.25. The Bertz CT molecular complexity index is 1350. The number of halogens is 1. The molecule has 0 aliphatic heterocycles. The molecule has 0 unspecified atom stereocenters. The van der Waals surface area contributed by atoms with E-state index in [0.29, 0.717) is 17.5 Å². The van der Waals surface area contributed by atoms with Crippen LogP contribution in [-0.2, 0) is 16.4 Å². The van der Waals surface area contributed by atoms with E-state index in [-0.39, 0.29) is 20.3 Å². The van der Waals surface area contributed by atoms with E-state index in [1.165, 1.54) is 23.6 Å². The second-order valence-electron chi connectivity index (χ2n) is 6.60. The monoisotopic (exact) mass is 457 g/mol. The van der Waals surface area contributed by atoms with Gasteiger partial charge in [0.2, 0.25) is 0 Å². The molecule has 1 amide bonds. The van der Waals surface area contributed by atoms with E-state index < -0.39 is 15.9 Å². The van der Waals surface area contributed by atoms with Gasteiger partial charge in [0.05, 0.1) is 16.2 Å². The molecule has 0 radical (unpaired) electrons. The number of thiazole rings is 1. The Morgan fingerprint density at radius 3 is 2.67 bits per heavy atom. The number of aromatic nitrogens is 2. The Hall–Kier alpha value is -2.81. The lowest BCUT2D eigenvalue weighted by Gasteiger charge is -2.09. The zero-order chi connectivity index (χ0) is 21.3. The highest BCUT2D eigenvalue weighted by Crippen LogP contribution is 2.27. The standard InChI is InChI=1S/C21H16ClN3O3S2/c1-13-20(29-18(24-13)10-14-6-3-2-4-7-14)21(26)25-30(27,28)17-12-16(22)11-15-8-5-9-23-19(15)17/h2-9,11-12H,10H2,1H3,(H,25,26).